The topological polar surface area (TPSA) is 67.2 Å². The standard InChI is InChI=1S/C21H15BrClN3O2/c22-14-5-10-17(24-12-14)21(27)26-20(25-16-8-6-15(23)7-9-16)19-11-13-3-1-2-4-18(13)28-19/h1-12,20,25H,(H,26,27). The van der Waals surface area contributed by atoms with Crippen LogP contribution in [-0.2, 0) is 0 Å². The van der Waals surface area contributed by atoms with Gasteiger partial charge in [0.25, 0.3) is 5.91 Å². The third kappa shape index (κ3) is 4.18. The van der Waals surface area contributed by atoms with Crippen molar-refractivity contribution in [3.8, 4) is 0 Å². The molecule has 1 atom stereocenters. The van der Waals surface area contributed by atoms with Gasteiger partial charge in [-0.2, -0.15) is 0 Å². The normalized spacial score (nSPS) is 11.9. The Bertz CT molecular complexity index is 1080. The van der Waals surface area contributed by atoms with Crippen LogP contribution >= 0.6 is 27.5 Å². The number of aromatic nitrogens is 1. The molecule has 0 bridgehead atoms. The van der Waals surface area contributed by atoms with E-state index in [4.69, 9.17) is 16.0 Å². The summed E-state index contributed by atoms with van der Waals surface area (Å²) in [6, 6.07) is 20.2. The molecule has 4 rings (SSSR count). The van der Waals surface area contributed by atoms with E-state index in [0.717, 1.165) is 21.1 Å². The van der Waals surface area contributed by atoms with Gasteiger partial charge in [0.15, 0.2) is 6.17 Å². The summed E-state index contributed by atoms with van der Waals surface area (Å²) in [6.07, 6.45) is 0.990. The number of benzene rings is 2. The maximum Gasteiger partial charge on any atom is 0.271 e. The summed E-state index contributed by atoms with van der Waals surface area (Å²) in [5.41, 5.74) is 1.84. The summed E-state index contributed by atoms with van der Waals surface area (Å²) in [4.78, 5) is 16.9. The molecule has 2 aromatic carbocycles. The molecule has 0 aliphatic heterocycles. The van der Waals surface area contributed by atoms with Gasteiger partial charge >= 0.3 is 0 Å². The number of anilines is 1. The molecule has 2 aromatic heterocycles. The summed E-state index contributed by atoms with van der Waals surface area (Å²) >= 11 is 9.29. The fraction of sp³-hybridized carbons (Fsp3) is 0.0476. The molecule has 0 spiro atoms. The zero-order chi connectivity index (χ0) is 19.5. The zero-order valence-corrected chi connectivity index (χ0v) is 16.9. The number of rotatable bonds is 5. The fourth-order valence-corrected chi connectivity index (χ4v) is 3.11. The van der Waals surface area contributed by atoms with Gasteiger partial charge in [-0.3, -0.25) is 4.79 Å². The molecule has 2 N–H and O–H groups in total. The minimum Gasteiger partial charge on any atom is -0.457 e. The summed E-state index contributed by atoms with van der Waals surface area (Å²) in [7, 11) is 0. The van der Waals surface area contributed by atoms with Gasteiger partial charge in [-0.25, -0.2) is 4.98 Å². The molecule has 140 valence electrons. The highest BCUT2D eigenvalue weighted by molar-refractivity contribution is 9.10. The van der Waals surface area contributed by atoms with Crippen molar-refractivity contribution in [2.24, 2.45) is 0 Å². The first-order valence-corrected chi connectivity index (χ1v) is 9.68. The average Bonchev–Trinajstić information content (AvgIpc) is 3.14. The summed E-state index contributed by atoms with van der Waals surface area (Å²) in [5, 5.41) is 7.80. The third-order valence-corrected chi connectivity index (χ3v) is 4.84. The van der Waals surface area contributed by atoms with Crippen LogP contribution in [0.5, 0.6) is 0 Å². The number of carbonyl (C=O) groups is 1. The third-order valence-electron chi connectivity index (χ3n) is 4.12. The molecule has 5 nitrogen and oxygen atoms in total. The van der Waals surface area contributed by atoms with Crippen molar-refractivity contribution in [1.82, 2.24) is 10.3 Å². The average molecular weight is 457 g/mol. The quantitative estimate of drug-likeness (QED) is 0.373. The lowest BCUT2D eigenvalue weighted by Gasteiger charge is -2.19. The molecule has 28 heavy (non-hydrogen) atoms. The molecule has 4 aromatic rings. The molecule has 0 saturated heterocycles. The van der Waals surface area contributed by atoms with E-state index < -0.39 is 6.17 Å². The van der Waals surface area contributed by atoms with E-state index in [-0.39, 0.29) is 5.91 Å². The SMILES string of the molecule is O=C(NC(Nc1ccc(Cl)cc1)c1cc2ccccc2o1)c1ccc(Br)cn1. The number of amides is 1. The van der Waals surface area contributed by atoms with E-state index in [2.05, 4.69) is 31.5 Å². The number of hydrogen-bond acceptors (Lipinski definition) is 4. The van der Waals surface area contributed by atoms with Gasteiger partial charge < -0.3 is 15.1 Å². The number of halogens is 2. The number of nitrogens with zero attached hydrogens (tertiary/aromatic N) is 1. The number of para-hydroxylation sites is 1. The number of pyridine rings is 1. The van der Waals surface area contributed by atoms with E-state index >= 15 is 0 Å². The Kier molecular flexibility index (Phi) is 5.32. The molecule has 7 heteroatoms. The molecule has 0 aliphatic carbocycles. The van der Waals surface area contributed by atoms with Crippen LogP contribution in [0.1, 0.15) is 22.4 Å². The van der Waals surface area contributed by atoms with Gasteiger partial charge in [-0.05, 0) is 64.5 Å². The largest absolute Gasteiger partial charge is 0.457 e. The van der Waals surface area contributed by atoms with Crippen molar-refractivity contribution < 1.29 is 9.21 Å². The van der Waals surface area contributed by atoms with Crippen LogP contribution < -0.4 is 10.6 Å². The molecule has 1 amide bonds. The molecule has 0 aliphatic rings. The highest BCUT2D eigenvalue weighted by atomic mass is 79.9. The fourth-order valence-electron chi connectivity index (χ4n) is 2.75. The summed E-state index contributed by atoms with van der Waals surface area (Å²) < 4.78 is 6.75. The number of carbonyl (C=O) groups excluding carboxylic acids is 1. The van der Waals surface area contributed by atoms with E-state index in [1.54, 1.807) is 30.5 Å². The van der Waals surface area contributed by atoms with Crippen LogP contribution in [0.25, 0.3) is 11.0 Å². The molecule has 2 heterocycles. The maximum atomic E-state index is 12.7. The van der Waals surface area contributed by atoms with E-state index in [1.807, 2.05) is 42.5 Å². The Morgan fingerprint density at radius 1 is 1.07 bits per heavy atom. The van der Waals surface area contributed by atoms with Gasteiger partial charge in [0.05, 0.1) is 0 Å². The maximum absolute atomic E-state index is 12.7. The minimum absolute atomic E-state index is 0.308. The van der Waals surface area contributed by atoms with Crippen LogP contribution in [0.4, 0.5) is 5.69 Å². The molecular weight excluding hydrogens is 442 g/mol. The van der Waals surface area contributed by atoms with E-state index in [0.29, 0.717) is 16.5 Å². The Labute approximate surface area is 174 Å². The predicted molar refractivity (Wildman–Crippen MR) is 113 cm³/mol. The lowest BCUT2D eigenvalue weighted by molar-refractivity contribution is 0.0932. The first kappa shape index (κ1) is 18.5. The highest BCUT2D eigenvalue weighted by Gasteiger charge is 2.20. The lowest BCUT2D eigenvalue weighted by atomic mass is 10.2. The second-order valence-electron chi connectivity index (χ2n) is 6.11. The Balaban J connectivity index is 1.64. The van der Waals surface area contributed by atoms with E-state index in [9.17, 15) is 4.79 Å². The highest BCUT2D eigenvalue weighted by Crippen LogP contribution is 2.26. The van der Waals surface area contributed by atoms with Crippen molar-refractivity contribution in [3.63, 3.8) is 0 Å². The lowest BCUT2D eigenvalue weighted by Crippen LogP contribution is -2.33. The van der Waals surface area contributed by atoms with Crippen LogP contribution in [0.2, 0.25) is 5.02 Å². The van der Waals surface area contributed by atoms with E-state index in [1.165, 1.54) is 0 Å². The van der Waals surface area contributed by atoms with Crippen molar-refractivity contribution in [2.75, 3.05) is 5.32 Å². The molecule has 0 saturated carbocycles. The van der Waals surface area contributed by atoms with Gasteiger partial charge in [0, 0.05) is 26.8 Å². The molecule has 0 radical (unpaired) electrons. The summed E-state index contributed by atoms with van der Waals surface area (Å²) in [6.45, 7) is 0. The van der Waals surface area contributed by atoms with Crippen molar-refractivity contribution >= 4 is 50.1 Å². The Hall–Kier alpha value is -2.83. The smallest absolute Gasteiger partial charge is 0.271 e. The molecule has 0 fully saturated rings. The van der Waals surface area contributed by atoms with Crippen LogP contribution in [0, 0.1) is 0 Å². The minimum atomic E-state index is -0.591. The van der Waals surface area contributed by atoms with Crippen LogP contribution in [0.15, 0.2) is 81.8 Å². The summed E-state index contributed by atoms with van der Waals surface area (Å²) in [5.74, 6) is 0.265. The first-order chi connectivity index (χ1) is 13.6. The first-order valence-electron chi connectivity index (χ1n) is 8.51. The van der Waals surface area contributed by atoms with Gasteiger partial charge in [0.2, 0.25) is 0 Å². The number of nitrogens with one attached hydrogen (secondary N) is 2. The number of fused-ring (bicyclic) bond motifs is 1. The Morgan fingerprint density at radius 2 is 1.86 bits per heavy atom. The van der Waals surface area contributed by atoms with Crippen LogP contribution in [-0.4, -0.2) is 10.9 Å². The number of furan rings is 1. The van der Waals surface area contributed by atoms with Crippen molar-refractivity contribution in [3.05, 3.63) is 93.9 Å². The second kappa shape index (κ2) is 8.04. The predicted octanol–water partition coefficient (Wildman–Crippen LogP) is 5.78. The zero-order valence-electron chi connectivity index (χ0n) is 14.5. The Morgan fingerprint density at radius 3 is 2.57 bits per heavy atom. The van der Waals surface area contributed by atoms with Gasteiger partial charge in [0.1, 0.15) is 17.0 Å². The van der Waals surface area contributed by atoms with Crippen molar-refractivity contribution in [1.29, 1.82) is 0 Å². The van der Waals surface area contributed by atoms with Gasteiger partial charge in [-0.1, -0.05) is 29.8 Å². The second-order valence-corrected chi connectivity index (χ2v) is 7.46. The number of hydrogen-bond donors (Lipinski definition) is 2. The van der Waals surface area contributed by atoms with Gasteiger partial charge in [-0.15, -0.1) is 0 Å². The van der Waals surface area contributed by atoms with Crippen molar-refractivity contribution in [2.45, 2.75) is 6.17 Å². The molecular formula is C21H15BrClN3O2. The monoisotopic (exact) mass is 455 g/mol. The van der Waals surface area contributed by atoms with Crippen LogP contribution in [0.3, 0.4) is 0 Å². The molecule has 1 unspecified atom stereocenters.